The number of rotatable bonds is 3. The van der Waals surface area contributed by atoms with E-state index in [1.54, 1.807) is 6.07 Å². The third-order valence-corrected chi connectivity index (χ3v) is 3.00. The molecule has 2 rings (SSSR count). The van der Waals surface area contributed by atoms with Crippen LogP contribution in [0.4, 0.5) is 4.39 Å². The zero-order valence-corrected chi connectivity index (χ0v) is 9.49. The normalized spacial score (nSPS) is 20.7. The van der Waals surface area contributed by atoms with Gasteiger partial charge in [0.05, 0.1) is 6.10 Å². The summed E-state index contributed by atoms with van der Waals surface area (Å²) >= 11 is 0. The van der Waals surface area contributed by atoms with Crippen molar-refractivity contribution in [3.8, 4) is 0 Å². The predicted octanol–water partition coefficient (Wildman–Crippen LogP) is 0.676. The summed E-state index contributed by atoms with van der Waals surface area (Å²) in [5.41, 5.74) is 6.70. The van der Waals surface area contributed by atoms with Crippen LogP contribution < -0.4 is 5.73 Å². The van der Waals surface area contributed by atoms with Crippen molar-refractivity contribution in [3.05, 3.63) is 35.1 Å². The number of nitrogens with zero attached hydrogens (tertiary/aromatic N) is 1. The standard InChI is InChI=1S/C12H16FN3O/c13-9-2-1-8(11(5-9)12(14)15)6-16-4-3-10(17)7-16/h1-2,5,10,17H,3-4,6-7H2,(H3,14,15). The van der Waals surface area contributed by atoms with Gasteiger partial charge in [0.25, 0.3) is 0 Å². The first kappa shape index (κ1) is 12.0. The molecular weight excluding hydrogens is 221 g/mol. The van der Waals surface area contributed by atoms with Crippen LogP contribution in [0, 0.1) is 11.2 Å². The number of nitrogen functional groups attached to an aromatic ring is 1. The van der Waals surface area contributed by atoms with Crippen LogP contribution in [0.3, 0.4) is 0 Å². The molecule has 5 heteroatoms. The number of amidine groups is 1. The topological polar surface area (TPSA) is 73.3 Å². The summed E-state index contributed by atoms with van der Waals surface area (Å²) in [6.45, 7) is 2.02. The zero-order valence-electron chi connectivity index (χ0n) is 9.49. The van der Waals surface area contributed by atoms with Gasteiger partial charge in [0, 0.05) is 25.2 Å². The van der Waals surface area contributed by atoms with Crippen molar-refractivity contribution in [3.63, 3.8) is 0 Å². The molecule has 1 aliphatic heterocycles. The van der Waals surface area contributed by atoms with Crippen molar-refractivity contribution >= 4 is 5.84 Å². The highest BCUT2D eigenvalue weighted by Crippen LogP contribution is 2.17. The van der Waals surface area contributed by atoms with E-state index in [-0.39, 0.29) is 17.8 Å². The molecule has 1 aliphatic rings. The molecule has 17 heavy (non-hydrogen) atoms. The second kappa shape index (κ2) is 4.81. The molecular formula is C12H16FN3O. The summed E-state index contributed by atoms with van der Waals surface area (Å²) < 4.78 is 13.1. The van der Waals surface area contributed by atoms with Crippen molar-refractivity contribution in [2.75, 3.05) is 13.1 Å². The summed E-state index contributed by atoms with van der Waals surface area (Å²) in [4.78, 5) is 2.07. The maximum Gasteiger partial charge on any atom is 0.123 e. The Morgan fingerprint density at radius 2 is 2.35 bits per heavy atom. The molecule has 0 spiro atoms. The van der Waals surface area contributed by atoms with Gasteiger partial charge in [-0.2, -0.15) is 0 Å². The van der Waals surface area contributed by atoms with E-state index in [9.17, 15) is 9.50 Å². The van der Waals surface area contributed by atoms with Crippen molar-refractivity contribution in [2.24, 2.45) is 5.73 Å². The van der Waals surface area contributed by atoms with Gasteiger partial charge in [-0.3, -0.25) is 10.3 Å². The third kappa shape index (κ3) is 2.81. The van der Waals surface area contributed by atoms with Crippen molar-refractivity contribution in [1.82, 2.24) is 4.90 Å². The molecule has 1 aromatic rings. The zero-order chi connectivity index (χ0) is 12.4. The van der Waals surface area contributed by atoms with Gasteiger partial charge in [-0.15, -0.1) is 0 Å². The van der Waals surface area contributed by atoms with Gasteiger partial charge >= 0.3 is 0 Å². The summed E-state index contributed by atoms with van der Waals surface area (Å²) in [6, 6.07) is 4.30. The van der Waals surface area contributed by atoms with Crippen LogP contribution in [0.1, 0.15) is 17.5 Å². The first-order valence-electron chi connectivity index (χ1n) is 5.59. The van der Waals surface area contributed by atoms with Gasteiger partial charge in [0.2, 0.25) is 0 Å². The van der Waals surface area contributed by atoms with Crippen LogP contribution in [-0.2, 0) is 6.54 Å². The molecule has 4 nitrogen and oxygen atoms in total. The number of hydrogen-bond donors (Lipinski definition) is 3. The van der Waals surface area contributed by atoms with Crippen molar-refractivity contribution in [2.45, 2.75) is 19.1 Å². The fourth-order valence-corrected chi connectivity index (χ4v) is 2.13. The maximum atomic E-state index is 13.1. The summed E-state index contributed by atoms with van der Waals surface area (Å²) in [6.07, 6.45) is 0.479. The smallest absolute Gasteiger partial charge is 0.123 e. The van der Waals surface area contributed by atoms with Crippen molar-refractivity contribution < 1.29 is 9.50 Å². The Morgan fingerprint density at radius 3 is 2.94 bits per heavy atom. The molecule has 92 valence electrons. The number of halogens is 1. The quantitative estimate of drug-likeness (QED) is 0.534. The molecule has 0 saturated carbocycles. The lowest BCUT2D eigenvalue weighted by molar-refractivity contribution is 0.175. The van der Waals surface area contributed by atoms with Crippen LogP contribution in [0.15, 0.2) is 18.2 Å². The minimum atomic E-state index is -0.389. The average Bonchev–Trinajstić information content (AvgIpc) is 2.66. The van der Waals surface area contributed by atoms with E-state index in [1.165, 1.54) is 12.1 Å². The predicted molar refractivity (Wildman–Crippen MR) is 63.3 cm³/mol. The molecule has 4 N–H and O–H groups in total. The molecule has 1 unspecified atom stereocenters. The fourth-order valence-electron chi connectivity index (χ4n) is 2.13. The van der Waals surface area contributed by atoms with Crippen LogP contribution >= 0.6 is 0 Å². The molecule has 1 atom stereocenters. The van der Waals surface area contributed by atoms with Crippen LogP contribution in [-0.4, -0.2) is 35.0 Å². The largest absolute Gasteiger partial charge is 0.392 e. The highest BCUT2D eigenvalue weighted by atomic mass is 19.1. The third-order valence-electron chi connectivity index (χ3n) is 3.00. The molecule has 1 aromatic carbocycles. The summed E-state index contributed by atoms with van der Waals surface area (Å²) in [5, 5.41) is 16.9. The second-order valence-electron chi connectivity index (χ2n) is 4.39. The number of nitrogens with two attached hydrogens (primary N) is 1. The number of hydrogen-bond acceptors (Lipinski definition) is 3. The number of aliphatic hydroxyl groups excluding tert-OH is 1. The van der Waals surface area contributed by atoms with E-state index in [0.29, 0.717) is 18.7 Å². The number of β-amino-alcohol motifs (C(OH)–C–C–N with tert-alkyl or cyclic N) is 1. The summed E-state index contributed by atoms with van der Waals surface area (Å²) in [5.74, 6) is -0.514. The minimum absolute atomic E-state index is 0.126. The molecule has 0 aliphatic carbocycles. The summed E-state index contributed by atoms with van der Waals surface area (Å²) in [7, 11) is 0. The monoisotopic (exact) mass is 237 g/mol. The Hall–Kier alpha value is -1.46. The van der Waals surface area contributed by atoms with E-state index in [2.05, 4.69) is 4.90 Å². The number of likely N-dealkylation sites (tertiary alicyclic amines) is 1. The molecule has 1 saturated heterocycles. The van der Waals surface area contributed by atoms with E-state index in [1.807, 2.05) is 0 Å². The van der Waals surface area contributed by atoms with Crippen LogP contribution in [0.2, 0.25) is 0 Å². The lowest BCUT2D eigenvalue weighted by Gasteiger charge is -2.17. The van der Waals surface area contributed by atoms with E-state index < -0.39 is 0 Å². The second-order valence-corrected chi connectivity index (χ2v) is 4.39. The Morgan fingerprint density at radius 1 is 1.59 bits per heavy atom. The number of benzene rings is 1. The average molecular weight is 237 g/mol. The van der Waals surface area contributed by atoms with E-state index in [0.717, 1.165) is 18.5 Å². The Labute approximate surface area is 99.4 Å². The van der Waals surface area contributed by atoms with Crippen LogP contribution in [0.25, 0.3) is 0 Å². The highest BCUT2D eigenvalue weighted by Gasteiger charge is 2.21. The molecule has 1 fully saturated rings. The lowest BCUT2D eigenvalue weighted by atomic mass is 10.1. The Kier molecular flexibility index (Phi) is 3.40. The lowest BCUT2D eigenvalue weighted by Crippen LogP contribution is -2.24. The molecule has 0 amide bonds. The van der Waals surface area contributed by atoms with Crippen molar-refractivity contribution in [1.29, 1.82) is 5.41 Å². The molecule has 0 bridgehead atoms. The fraction of sp³-hybridized carbons (Fsp3) is 0.417. The van der Waals surface area contributed by atoms with Gasteiger partial charge in [0.1, 0.15) is 11.7 Å². The Balaban J connectivity index is 2.17. The van der Waals surface area contributed by atoms with Gasteiger partial charge in [-0.05, 0) is 24.1 Å². The Bertz CT molecular complexity index is 436. The van der Waals surface area contributed by atoms with Gasteiger partial charge in [-0.1, -0.05) is 6.07 Å². The first-order chi connectivity index (χ1) is 8.06. The number of aliphatic hydroxyl groups is 1. The first-order valence-corrected chi connectivity index (χ1v) is 5.59. The van der Waals surface area contributed by atoms with Crippen LogP contribution in [0.5, 0.6) is 0 Å². The molecule has 1 heterocycles. The SMILES string of the molecule is N=C(N)c1cc(F)ccc1CN1CCC(O)C1. The van der Waals surface area contributed by atoms with Gasteiger partial charge in [0.15, 0.2) is 0 Å². The highest BCUT2D eigenvalue weighted by molar-refractivity contribution is 5.96. The maximum absolute atomic E-state index is 13.1. The minimum Gasteiger partial charge on any atom is -0.392 e. The van der Waals surface area contributed by atoms with E-state index >= 15 is 0 Å². The van der Waals surface area contributed by atoms with E-state index in [4.69, 9.17) is 11.1 Å². The van der Waals surface area contributed by atoms with Gasteiger partial charge in [-0.25, -0.2) is 4.39 Å². The van der Waals surface area contributed by atoms with Gasteiger partial charge < -0.3 is 10.8 Å². The molecule has 0 radical (unpaired) electrons. The number of nitrogens with one attached hydrogen (secondary N) is 1. The molecule has 0 aromatic heterocycles.